The van der Waals surface area contributed by atoms with E-state index in [1.165, 1.54) is 18.4 Å². The third-order valence-corrected chi connectivity index (χ3v) is 5.84. The van der Waals surface area contributed by atoms with E-state index in [4.69, 9.17) is 16.3 Å². The first kappa shape index (κ1) is 21.5. The minimum atomic E-state index is -0.654. The molecule has 0 saturated carbocycles. The normalized spacial score (nSPS) is 13.5. The molecule has 0 fully saturated rings. The second-order valence-corrected chi connectivity index (χ2v) is 7.99. The molecule has 2 heterocycles. The number of nitrogens with one attached hydrogen (secondary N) is 2. The van der Waals surface area contributed by atoms with Crippen molar-refractivity contribution < 1.29 is 19.1 Å². The predicted molar refractivity (Wildman–Crippen MR) is 123 cm³/mol. The van der Waals surface area contributed by atoms with Crippen molar-refractivity contribution in [3.63, 3.8) is 0 Å². The SMILES string of the molecule is COc1ccccc1N1C(=O)C(Cl)=C(Nc2ccc(C(=O)Nc3nc(C)cs3)cc2)C1=O. The van der Waals surface area contributed by atoms with Gasteiger partial charge in [0.1, 0.15) is 16.5 Å². The van der Waals surface area contributed by atoms with E-state index in [2.05, 4.69) is 15.6 Å². The molecule has 1 aliphatic heterocycles. The first-order valence-electron chi connectivity index (χ1n) is 9.41. The van der Waals surface area contributed by atoms with Gasteiger partial charge < -0.3 is 10.1 Å². The van der Waals surface area contributed by atoms with Gasteiger partial charge in [-0.3, -0.25) is 19.7 Å². The number of anilines is 3. The van der Waals surface area contributed by atoms with Gasteiger partial charge in [0.25, 0.3) is 17.7 Å². The van der Waals surface area contributed by atoms with E-state index in [-0.39, 0.29) is 16.6 Å². The van der Waals surface area contributed by atoms with Gasteiger partial charge in [0.15, 0.2) is 5.13 Å². The quantitative estimate of drug-likeness (QED) is 0.527. The maximum atomic E-state index is 13.0. The molecule has 1 aromatic heterocycles. The van der Waals surface area contributed by atoms with Gasteiger partial charge in [-0.1, -0.05) is 23.7 Å². The highest BCUT2D eigenvalue weighted by molar-refractivity contribution is 7.13. The Kier molecular flexibility index (Phi) is 5.93. The molecule has 0 radical (unpaired) electrons. The highest BCUT2D eigenvalue weighted by atomic mass is 35.5. The van der Waals surface area contributed by atoms with E-state index >= 15 is 0 Å². The molecule has 3 amide bonds. The number of carbonyl (C=O) groups is 3. The molecule has 0 bridgehead atoms. The zero-order valence-corrected chi connectivity index (χ0v) is 18.6. The van der Waals surface area contributed by atoms with Crippen molar-refractivity contribution in [2.24, 2.45) is 0 Å². The Hall–Kier alpha value is -3.69. The number of methoxy groups -OCH3 is 1. The molecule has 2 aromatic carbocycles. The van der Waals surface area contributed by atoms with Crippen LogP contribution in [0, 0.1) is 6.92 Å². The smallest absolute Gasteiger partial charge is 0.283 e. The molecule has 162 valence electrons. The zero-order chi connectivity index (χ0) is 22.8. The molecule has 0 saturated heterocycles. The Balaban J connectivity index is 1.50. The summed E-state index contributed by atoms with van der Waals surface area (Å²) in [4.78, 5) is 43.2. The van der Waals surface area contributed by atoms with E-state index < -0.39 is 11.8 Å². The van der Waals surface area contributed by atoms with Gasteiger partial charge in [0.05, 0.1) is 18.5 Å². The lowest BCUT2D eigenvalue weighted by Crippen LogP contribution is -2.32. The summed E-state index contributed by atoms with van der Waals surface area (Å²) in [6.45, 7) is 1.84. The Morgan fingerprint density at radius 2 is 1.81 bits per heavy atom. The maximum Gasteiger partial charge on any atom is 0.283 e. The van der Waals surface area contributed by atoms with Crippen molar-refractivity contribution >= 4 is 57.2 Å². The second kappa shape index (κ2) is 8.81. The third kappa shape index (κ3) is 4.08. The van der Waals surface area contributed by atoms with Crippen LogP contribution < -0.4 is 20.3 Å². The third-order valence-electron chi connectivity index (χ3n) is 4.61. The first-order valence-corrected chi connectivity index (χ1v) is 10.7. The Morgan fingerprint density at radius 3 is 2.47 bits per heavy atom. The fraction of sp³-hybridized carbons (Fsp3) is 0.0909. The number of benzene rings is 2. The lowest BCUT2D eigenvalue weighted by molar-refractivity contribution is -0.120. The van der Waals surface area contributed by atoms with Crippen LogP contribution in [-0.4, -0.2) is 29.8 Å². The van der Waals surface area contributed by atoms with E-state index in [0.717, 1.165) is 10.6 Å². The van der Waals surface area contributed by atoms with Crippen LogP contribution in [0.5, 0.6) is 5.75 Å². The molecule has 0 spiro atoms. The molecule has 32 heavy (non-hydrogen) atoms. The number of rotatable bonds is 6. The van der Waals surface area contributed by atoms with E-state index in [9.17, 15) is 14.4 Å². The van der Waals surface area contributed by atoms with Crippen LogP contribution in [0.2, 0.25) is 0 Å². The average molecular weight is 469 g/mol. The monoisotopic (exact) mass is 468 g/mol. The van der Waals surface area contributed by atoms with Crippen molar-refractivity contribution in [2.75, 3.05) is 22.6 Å². The molecule has 8 nitrogen and oxygen atoms in total. The van der Waals surface area contributed by atoms with Crippen LogP contribution in [0.4, 0.5) is 16.5 Å². The maximum absolute atomic E-state index is 13.0. The van der Waals surface area contributed by atoms with Crippen molar-refractivity contribution in [1.29, 1.82) is 0 Å². The number of ether oxygens (including phenoxy) is 1. The number of hydrogen-bond donors (Lipinski definition) is 2. The topological polar surface area (TPSA) is 101 Å². The molecule has 0 aliphatic carbocycles. The summed E-state index contributed by atoms with van der Waals surface area (Å²) in [5.74, 6) is -1.20. The van der Waals surface area contributed by atoms with Crippen molar-refractivity contribution in [3.05, 3.63) is 75.9 Å². The largest absolute Gasteiger partial charge is 0.495 e. The minimum absolute atomic E-state index is 0.0574. The summed E-state index contributed by atoms with van der Waals surface area (Å²) in [5.41, 5.74) is 1.96. The van der Waals surface area contributed by atoms with Crippen LogP contribution in [0.3, 0.4) is 0 Å². The van der Waals surface area contributed by atoms with Gasteiger partial charge in [0, 0.05) is 16.6 Å². The minimum Gasteiger partial charge on any atom is -0.495 e. The number of imide groups is 1. The van der Waals surface area contributed by atoms with E-state index in [1.54, 1.807) is 48.5 Å². The number of nitrogens with zero attached hydrogens (tertiary/aromatic N) is 2. The number of amides is 3. The fourth-order valence-electron chi connectivity index (χ4n) is 3.07. The van der Waals surface area contributed by atoms with E-state index in [0.29, 0.717) is 27.8 Å². The van der Waals surface area contributed by atoms with Crippen LogP contribution in [-0.2, 0) is 9.59 Å². The molecule has 2 N–H and O–H groups in total. The van der Waals surface area contributed by atoms with Crippen LogP contribution >= 0.6 is 22.9 Å². The van der Waals surface area contributed by atoms with Gasteiger partial charge in [-0.25, -0.2) is 9.88 Å². The molecule has 4 rings (SSSR count). The Morgan fingerprint density at radius 1 is 1.09 bits per heavy atom. The fourth-order valence-corrected chi connectivity index (χ4v) is 3.97. The summed E-state index contributed by atoms with van der Waals surface area (Å²) >= 11 is 7.52. The molecule has 1 aliphatic rings. The van der Waals surface area contributed by atoms with Crippen molar-refractivity contribution in [3.8, 4) is 5.75 Å². The number of para-hydroxylation sites is 2. The van der Waals surface area contributed by atoms with Gasteiger partial charge in [-0.05, 0) is 43.3 Å². The summed E-state index contributed by atoms with van der Waals surface area (Å²) in [6, 6.07) is 13.1. The first-order chi connectivity index (χ1) is 15.4. The highest BCUT2D eigenvalue weighted by Crippen LogP contribution is 2.35. The number of thiazole rings is 1. The van der Waals surface area contributed by atoms with Crippen LogP contribution in [0.15, 0.2) is 64.6 Å². The molecule has 10 heteroatoms. The van der Waals surface area contributed by atoms with Crippen LogP contribution in [0.1, 0.15) is 16.1 Å². The summed E-state index contributed by atoms with van der Waals surface area (Å²) in [5, 5.41) is 7.73. The van der Waals surface area contributed by atoms with Gasteiger partial charge in [0.2, 0.25) is 0 Å². The zero-order valence-electron chi connectivity index (χ0n) is 17.0. The Labute approximate surface area is 192 Å². The number of hydrogen-bond acceptors (Lipinski definition) is 7. The van der Waals surface area contributed by atoms with Crippen LogP contribution in [0.25, 0.3) is 0 Å². The molecule has 3 aromatic rings. The van der Waals surface area contributed by atoms with Gasteiger partial charge >= 0.3 is 0 Å². The standard InChI is InChI=1S/C22H17ClN4O4S/c1-12-11-32-22(24-12)26-19(28)13-7-9-14(10-8-13)25-18-17(23)20(29)27(21(18)30)15-5-3-4-6-16(15)31-2/h3-11,25H,1-2H3,(H,24,26,28). The van der Waals surface area contributed by atoms with Crippen molar-refractivity contribution in [2.45, 2.75) is 6.92 Å². The number of carbonyl (C=O) groups excluding carboxylic acids is 3. The summed E-state index contributed by atoms with van der Waals surface area (Å²) in [6.07, 6.45) is 0. The van der Waals surface area contributed by atoms with E-state index in [1.807, 2.05) is 12.3 Å². The second-order valence-electron chi connectivity index (χ2n) is 6.76. The number of halogens is 1. The molecule has 0 unspecified atom stereocenters. The van der Waals surface area contributed by atoms with Gasteiger partial charge in [-0.15, -0.1) is 11.3 Å². The average Bonchev–Trinajstić information content (AvgIpc) is 3.29. The number of aromatic nitrogens is 1. The Bertz CT molecular complexity index is 1250. The lowest BCUT2D eigenvalue weighted by atomic mass is 10.2. The van der Waals surface area contributed by atoms with Gasteiger partial charge in [-0.2, -0.15) is 0 Å². The molecular weight excluding hydrogens is 452 g/mol. The summed E-state index contributed by atoms with van der Waals surface area (Å²) in [7, 11) is 1.45. The lowest BCUT2D eigenvalue weighted by Gasteiger charge is -2.17. The predicted octanol–water partition coefficient (Wildman–Crippen LogP) is 4.15. The molecule has 0 atom stereocenters. The summed E-state index contributed by atoms with van der Waals surface area (Å²) < 4.78 is 5.25. The molecular formula is C22H17ClN4O4S. The highest BCUT2D eigenvalue weighted by Gasteiger charge is 2.40. The van der Waals surface area contributed by atoms with Crippen molar-refractivity contribution in [1.82, 2.24) is 4.98 Å². The number of aryl methyl sites for hydroxylation is 1.